The lowest BCUT2D eigenvalue weighted by Crippen LogP contribution is -2.48. The summed E-state index contributed by atoms with van der Waals surface area (Å²) in [6, 6.07) is 7.86. The number of hydrogen-bond donors (Lipinski definition) is 5. The number of nitrogens with zero attached hydrogens (tertiary/aromatic N) is 4. The number of rotatable bonds is 7. The van der Waals surface area contributed by atoms with Gasteiger partial charge < -0.3 is 26.0 Å². The number of hydrogen-bond acceptors (Lipinski definition) is 11. The van der Waals surface area contributed by atoms with Crippen molar-refractivity contribution < 1.29 is 15.3 Å². The molecule has 1 fully saturated rings. The zero-order valence-corrected chi connectivity index (χ0v) is 20.4. The molecule has 3 aromatic heterocycles. The summed E-state index contributed by atoms with van der Waals surface area (Å²) in [5.74, 6) is 0.356. The smallest absolute Gasteiger partial charge is 0.225 e. The summed E-state index contributed by atoms with van der Waals surface area (Å²) < 4.78 is 1.03. The molecule has 5 rings (SSSR count). The highest BCUT2D eigenvalue weighted by Crippen LogP contribution is 2.40. The van der Waals surface area contributed by atoms with Crippen molar-refractivity contribution in [3.8, 4) is 10.6 Å². The van der Waals surface area contributed by atoms with E-state index >= 15 is 0 Å². The van der Waals surface area contributed by atoms with E-state index in [0.29, 0.717) is 36.0 Å². The van der Waals surface area contributed by atoms with Crippen LogP contribution in [-0.4, -0.2) is 53.7 Å². The lowest BCUT2D eigenvalue weighted by Gasteiger charge is -2.31. The third kappa shape index (κ3) is 4.37. The molecule has 1 aromatic carbocycles. The van der Waals surface area contributed by atoms with Crippen LogP contribution in [0.15, 0.2) is 30.5 Å². The number of aliphatic hydroxyl groups excluding tert-OH is 2. The number of aryl methyl sites for hydroxylation is 2. The van der Waals surface area contributed by atoms with Crippen molar-refractivity contribution in [1.82, 2.24) is 19.9 Å². The van der Waals surface area contributed by atoms with Crippen LogP contribution in [0.25, 0.3) is 20.8 Å². The van der Waals surface area contributed by atoms with Crippen molar-refractivity contribution in [3.63, 3.8) is 0 Å². The van der Waals surface area contributed by atoms with Crippen LogP contribution in [0.1, 0.15) is 28.4 Å². The van der Waals surface area contributed by atoms with Gasteiger partial charge in [-0.15, -0.1) is 22.7 Å². The van der Waals surface area contributed by atoms with Gasteiger partial charge in [0, 0.05) is 23.6 Å². The Labute approximate surface area is 204 Å². The molecule has 0 bridgehead atoms. The van der Waals surface area contributed by atoms with Gasteiger partial charge in [0.15, 0.2) is 5.72 Å². The van der Waals surface area contributed by atoms with Gasteiger partial charge in [-0.3, -0.25) is 0 Å². The van der Waals surface area contributed by atoms with Gasteiger partial charge in [-0.05, 0) is 38.8 Å². The van der Waals surface area contributed by atoms with Gasteiger partial charge in [0.2, 0.25) is 5.95 Å². The van der Waals surface area contributed by atoms with Gasteiger partial charge >= 0.3 is 0 Å². The molecule has 1 aliphatic rings. The topological polar surface area (TPSA) is 136 Å². The van der Waals surface area contributed by atoms with Gasteiger partial charge in [0.1, 0.15) is 21.9 Å². The molecular formula is C23H26N6O3S2. The largest absolute Gasteiger partial charge is 0.396 e. The lowest BCUT2D eigenvalue weighted by atomic mass is 10.0. The summed E-state index contributed by atoms with van der Waals surface area (Å²) in [4.78, 5) is 19.6. The van der Waals surface area contributed by atoms with Crippen molar-refractivity contribution in [2.45, 2.75) is 45.1 Å². The minimum atomic E-state index is -1.62. The second-order valence-corrected chi connectivity index (χ2v) is 10.9. The highest BCUT2D eigenvalue weighted by molar-refractivity contribution is 7.21. The maximum atomic E-state index is 11.2. The zero-order valence-electron chi connectivity index (χ0n) is 18.8. The summed E-state index contributed by atoms with van der Waals surface area (Å²) >= 11 is 3.11. The van der Waals surface area contributed by atoms with Crippen LogP contribution in [0.5, 0.6) is 0 Å². The van der Waals surface area contributed by atoms with E-state index in [1.807, 2.05) is 44.3 Å². The van der Waals surface area contributed by atoms with E-state index in [0.717, 1.165) is 25.1 Å². The van der Waals surface area contributed by atoms with Crippen LogP contribution in [-0.2, 0) is 6.54 Å². The average Bonchev–Trinajstić information content (AvgIpc) is 3.50. The number of anilines is 2. The number of aliphatic hydroxyl groups is 3. The molecule has 178 valence electrons. The van der Waals surface area contributed by atoms with Crippen LogP contribution in [0, 0.1) is 19.8 Å². The first-order valence-corrected chi connectivity index (χ1v) is 12.7. The number of fused-ring (bicyclic) bond motifs is 1. The van der Waals surface area contributed by atoms with E-state index in [1.54, 1.807) is 11.3 Å². The third-order valence-corrected chi connectivity index (χ3v) is 8.03. The molecule has 0 amide bonds. The molecule has 1 aliphatic carbocycles. The molecule has 5 N–H and O–H groups in total. The van der Waals surface area contributed by atoms with Crippen LogP contribution < -0.4 is 10.6 Å². The summed E-state index contributed by atoms with van der Waals surface area (Å²) in [6.45, 7) is 4.15. The minimum Gasteiger partial charge on any atom is -0.396 e. The standard InChI is InChI=1S/C23H26N6O3S2/c1-12-9-24-17(33-12)10-25-22-26-13(2)18(21-27-15-5-3-4-6-16(15)34-21)20(28-22)29-23(32)8-7-14(11-30)19(23)31/h3-6,9,14,19,30-32H,7-8,10-11H2,1-2H3,(H2,25,26,28,29)/t14-,19-,23-/m1/s1. The Hall–Kier alpha value is -2.70. The van der Waals surface area contributed by atoms with Crippen LogP contribution in [0.2, 0.25) is 0 Å². The van der Waals surface area contributed by atoms with Crippen molar-refractivity contribution in [3.05, 3.63) is 46.0 Å². The monoisotopic (exact) mass is 498 g/mol. The molecule has 3 heterocycles. The van der Waals surface area contributed by atoms with Gasteiger partial charge in [-0.2, -0.15) is 4.98 Å². The average molecular weight is 499 g/mol. The minimum absolute atomic E-state index is 0.196. The maximum absolute atomic E-state index is 11.2. The molecular weight excluding hydrogens is 472 g/mol. The van der Waals surface area contributed by atoms with Crippen molar-refractivity contribution in [2.75, 3.05) is 17.2 Å². The van der Waals surface area contributed by atoms with E-state index in [4.69, 9.17) is 4.98 Å². The van der Waals surface area contributed by atoms with Gasteiger partial charge in [0.25, 0.3) is 0 Å². The van der Waals surface area contributed by atoms with E-state index in [1.165, 1.54) is 11.3 Å². The molecule has 3 atom stereocenters. The van der Waals surface area contributed by atoms with Crippen molar-refractivity contribution >= 4 is 44.7 Å². The Bertz CT molecular complexity index is 1290. The summed E-state index contributed by atoms with van der Waals surface area (Å²) in [5.41, 5.74) is 0.604. The fourth-order valence-electron chi connectivity index (χ4n) is 4.25. The first-order chi connectivity index (χ1) is 16.4. The second kappa shape index (κ2) is 9.16. The molecule has 11 heteroatoms. The van der Waals surface area contributed by atoms with Crippen LogP contribution in [0.3, 0.4) is 0 Å². The zero-order chi connectivity index (χ0) is 23.9. The molecule has 0 saturated heterocycles. The van der Waals surface area contributed by atoms with Crippen molar-refractivity contribution in [1.29, 1.82) is 0 Å². The molecule has 0 radical (unpaired) electrons. The number of para-hydroxylation sites is 1. The Kier molecular flexibility index (Phi) is 6.21. The Morgan fingerprint density at radius 2 is 1.97 bits per heavy atom. The molecule has 9 nitrogen and oxygen atoms in total. The quantitative estimate of drug-likeness (QED) is 0.243. The SMILES string of the molecule is Cc1cnc(CNc2nc(C)c(-c3nc4ccccc4s3)c(N[C@@]3(O)CC[C@H](CO)[C@H]3O)n2)s1. The van der Waals surface area contributed by atoms with Crippen LogP contribution in [0.4, 0.5) is 11.8 Å². The summed E-state index contributed by atoms with van der Waals surface area (Å²) in [6.07, 6.45) is 1.47. The van der Waals surface area contributed by atoms with Gasteiger partial charge in [-0.1, -0.05) is 12.1 Å². The van der Waals surface area contributed by atoms with E-state index in [2.05, 4.69) is 25.6 Å². The predicted octanol–water partition coefficient (Wildman–Crippen LogP) is 3.30. The van der Waals surface area contributed by atoms with Crippen LogP contribution >= 0.6 is 22.7 Å². The van der Waals surface area contributed by atoms with E-state index in [-0.39, 0.29) is 13.0 Å². The van der Waals surface area contributed by atoms with E-state index < -0.39 is 17.7 Å². The third-order valence-electron chi connectivity index (χ3n) is 6.07. The highest BCUT2D eigenvalue weighted by Gasteiger charge is 2.47. The summed E-state index contributed by atoms with van der Waals surface area (Å²) in [7, 11) is 0. The molecule has 1 saturated carbocycles. The fraction of sp³-hybridized carbons (Fsp3) is 0.391. The first kappa shape index (κ1) is 23.1. The Balaban J connectivity index is 1.54. The Morgan fingerprint density at radius 3 is 2.68 bits per heavy atom. The molecule has 34 heavy (non-hydrogen) atoms. The Morgan fingerprint density at radius 1 is 1.15 bits per heavy atom. The molecule has 4 aromatic rings. The number of nitrogens with one attached hydrogen (secondary N) is 2. The van der Waals surface area contributed by atoms with Gasteiger partial charge in [-0.25, -0.2) is 15.0 Å². The molecule has 0 spiro atoms. The van der Waals surface area contributed by atoms with E-state index in [9.17, 15) is 15.3 Å². The number of aromatic nitrogens is 4. The van der Waals surface area contributed by atoms with Gasteiger partial charge in [0.05, 0.1) is 28.0 Å². The highest BCUT2D eigenvalue weighted by atomic mass is 32.1. The number of benzene rings is 1. The predicted molar refractivity (Wildman–Crippen MR) is 134 cm³/mol. The van der Waals surface area contributed by atoms with Crippen molar-refractivity contribution in [2.24, 2.45) is 5.92 Å². The normalized spacial score (nSPS) is 22.4. The molecule has 0 aliphatic heterocycles. The maximum Gasteiger partial charge on any atom is 0.225 e. The second-order valence-electron chi connectivity index (χ2n) is 8.54. The number of thiazole rings is 2. The fourth-order valence-corrected chi connectivity index (χ4v) is 6.04. The summed E-state index contributed by atoms with van der Waals surface area (Å²) in [5, 5.41) is 39.4. The molecule has 0 unspecified atom stereocenters. The lowest BCUT2D eigenvalue weighted by molar-refractivity contribution is -0.0545. The first-order valence-electron chi connectivity index (χ1n) is 11.1.